The van der Waals surface area contributed by atoms with Crippen molar-refractivity contribution in [2.24, 2.45) is 0 Å². The zero-order valence-corrected chi connectivity index (χ0v) is 13.8. The van der Waals surface area contributed by atoms with E-state index in [1.807, 2.05) is 0 Å². The minimum absolute atomic E-state index is 0.148. The molecule has 110 valence electrons. The lowest BCUT2D eigenvalue weighted by Gasteiger charge is -2.27. The summed E-state index contributed by atoms with van der Waals surface area (Å²) >= 11 is 1.74. The molecular weight excluding hydrogens is 266 g/mol. The van der Waals surface area contributed by atoms with Gasteiger partial charge in [0.1, 0.15) is 0 Å². The van der Waals surface area contributed by atoms with Crippen molar-refractivity contribution in [2.45, 2.75) is 51.3 Å². The number of hydrogen-bond donors (Lipinski definition) is 0. The molecule has 1 aromatic rings. The van der Waals surface area contributed by atoms with E-state index in [0.717, 1.165) is 19.4 Å². The second kappa shape index (κ2) is 6.21. The molecule has 1 unspecified atom stereocenters. The van der Waals surface area contributed by atoms with Crippen molar-refractivity contribution in [3.8, 4) is 0 Å². The second-order valence-electron chi connectivity index (χ2n) is 6.56. The van der Waals surface area contributed by atoms with Gasteiger partial charge in [0.2, 0.25) is 5.91 Å². The molecule has 2 nitrogen and oxygen atoms in total. The van der Waals surface area contributed by atoms with Crippen molar-refractivity contribution < 1.29 is 4.79 Å². The van der Waals surface area contributed by atoms with Gasteiger partial charge in [0.05, 0.1) is 11.8 Å². The number of hydrogen-bond acceptors (Lipinski definition) is 2. The van der Waals surface area contributed by atoms with E-state index in [-0.39, 0.29) is 16.7 Å². The first-order valence-electron chi connectivity index (χ1n) is 7.37. The minimum Gasteiger partial charge on any atom is -0.335 e. The van der Waals surface area contributed by atoms with Gasteiger partial charge in [0.15, 0.2) is 0 Å². The number of benzene rings is 1. The molecule has 0 spiro atoms. The summed E-state index contributed by atoms with van der Waals surface area (Å²) in [5, 5.41) is 0. The Morgan fingerprint density at radius 3 is 2.55 bits per heavy atom. The first-order valence-corrected chi connectivity index (χ1v) is 8.35. The van der Waals surface area contributed by atoms with E-state index in [2.05, 4.69) is 56.9 Å². The van der Waals surface area contributed by atoms with Gasteiger partial charge in [0.25, 0.3) is 0 Å². The van der Waals surface area contributed by atoms with Crippen molar-refractivity contribution >= 4 is 17.7 Å². The van der Waals surface area contributed by atoms with Gasteiger partial charge < -0.3 is 4.90 Å². The SMILES string of the molecule is Cc1ccc(C2CCCN2C(=O)CSC(C)(C)C)cc1. The van der Waals surface area contributed by atoms with Gasteiger partial charge in [-0.2, -0.15) is 0 Å². The van der Waals surface area contributed by atoms with Crippen LogP contribution in [0.15, 0.2) is 24.3 Å². The Hall–Kier alpha value is -0.960. The normalized spacial score (nSPS) is 19.4. The van der Waals surface area contributed by atoms with Crippen LogP contribution in [-0.4, -0.2) is 27.9 Å². The Bertz CT molecular complexity index is 461. The third-order valence-corrected chi connectivity index (χ3v) is 4.92. The third kappa shape index (κ3) is 4.02. The zero-order chi connectivity index (χ0) is 14.8. The molecule has 0 aromatic heterocycles. The van der Waals surface area contributed by atoms with E-state index in [1.54, 1.807) is 11.8 Å². The van der Waals surface area contributed by atoms with Gasteiger partial charge in [-0.25, -0.2) is 0 Å². The number of carbonyl (C=O) groups excluding carboxylic acids is 1. The number of aryl methyl sites for hydroxylation is 1. The van der Waals surface area contributed by atoms with E-state index in [4.69, 9.17) is 0 Å². The highest BCUT2D eigenvalue weighted by molar-refractivity contribution is 8.01. The number of likely N-dealkylation sites (tertiary alicyclic amines) is 1. The molecule has 1 aliphatic rings. The number of carbonyl (C=O) groups is 1. The Morgan fingerprint density at radius 2 is 1.95 bits per heavy atom. The summed E-state index contributed by atoms with van der Waals surface area (Å²) in [5.41, 5.74) is 2.55. The zero-order valence-electron chi connectivity index (χ0n) is 13.0. The third-order valence-electron chi connectivity index (χ3n) is 3.66. The average molecular weight is 291 g/mol. The fraction of sp³-hybridized carbons (Fsp3) is 0.588. The van der Waals surface area contributed by atoms with Crippen molar-refractivity contribution in [1.29, 1.82) is 0 Å². The van der Waals surface area contributed by atoms with E-state index in [0.29, 0.717) is 5.75 Å². The summed E-state index contributed by atoms with van der Waals surface area (Å²) in [4.78, 5) is 14.5. The predicted molar refractivity (Wildman–Crippen MR) is 87.1 cm³/mol. The molecule has 1 heterocycles. The van der Waals surface area contributed by atoms with Crippen molar-refractivity contribution in [3.05, 3.63) is 35.4 Å². The van der Waals surface area contributed by atoms with Crippen LogP contribution in [0, 0.1) is 6.92 Å². The predicted octanol–water partition coefficient (Wildman–Crippen LogP) is 4.19. The van der Waals surface area contributed by atoms with Gasteiger partial charge in [-0.15, -0.1) is 11.8 Å². The molecule has 1 fully saturated rings. The Morgan fingerprint density at radius 1 is 1.30 bits per heavy atom. The monoisotopic (exact) mass is 291 g/mol. The maximum atomic E-state index is 12.4. The molecule has 1 aliphatic heterocycles. The lowest BCUT2D eigenvalue weighted by Crippen LogP contribution is -2.33. The molecule has 1 amide bonds. The minimum atomic E-state index is 0.148. The molecule has 3 heteroatoms. The van der Waals surface area contributed by atoms with E-state index >= 15 is 0 Å². The quantitative estimate of drug-likeness (QED) is 0.832. The van der Waals surface area contributed by atoms with Gasteiger partial charge in [-0.05, 0) is 25.3 Å². The summed E-state index contributed by atoms with van der Waals surface area (Å²) < 4.78 is 0.148. The van der Waals surface area contributed by atoms with Crippen LogP contribution in [0.3, 0.4) is 0 Å². The van der Waals surface area contributed by atoms with E-state index < -0.39 is 0 Å². The Balaban J connectivity index is 2.03. The number of rotatable bonds is 3. The van der Waals surface area contributed by atoms with Crippen molar-refractivity contribution in [1.82, 2.24) is 4.90 Å². The first kappa shape index (κ1) is 15.4. The van der Waals surface area contributed by atoms with Crippen LogP contribution in [0.5, 0.6) is 0 Å². The maximum Gasteiger partial charge on any atom is 0.233 e. The fourth-order valence-corrected chi connectivity index (χ4v) is 3.28. The second-order valence-corrected chi connectivity index (χ2v) is 8.36. The van der Waals surface area contributed by atoms with Crippen LogP contribution in [0.2, 0.25) is 0 Å². The fourth-order valence-electron chi connectivity index (χ4n) is 2.56. The van der Waals surface area contributed by atoms with Gasteiger partial charge in [-0.3, -0.25) is 4.79 Å². The average Bonchev–Trinajstić information content (AvgIpc) is 2.85. The summed E-state index contributed by atoms with van der Waals surface area (Å²) in [5.74, 6) is 0.874. The molecule has 0 saturated carbocycles. The van der Waals surface area contributed by atoms with Gasteiger partial charge >= 0.3 is 0 Å². The first-order chi connectivity index (χ1) is 9.37. The molecule has 20 heavy (non-hydrogen) atoms. The van der Waals surface area contributed by atoms with Crippen LogP contribution < -0.4 is 0 Å². The smallest absolute Gasteiger partial charge is 0.233 e. The van der Waals surface area contributed by atoms with Gasteiger partial charge in [0, 0.05) is 11.3 Å². The Kier molecular flexibility index (Phi) is 4.79. The summed E-state index contributed by atoms with van der Waals surface area (Å²) in [6.07, 6.45) is 2.21. The Labute approximate surface area is 126 Å². The topological polar surface area (TPSA) is 20.3 Å². The number of amides is 1. The molecule has 0 radical (unpaired) electrons. The standard InChI is InChI=1S/C17H25NOS/c1-13-7-9-14(10-8-13)15-6-5-11-18(15)16(19)12-20-17(2,3)4/h7-10,15H,5-6,11-12H2,1-4H3. The molecule has 1 atom stereocenters. The maximum absolute atomic E-state index is 12.4. The molecule has 2 rings (SSSR count). The molecule has 0 N–H and O–H groups in total. The lowest BCUT2D eigenvalue weighted by molar-refractivity contribution is -0.129. The van der Waals surface area contributed by atoms with Crippen LogP contribution in [-0.2, 0) is 4.79 Å². The summed E-state index contributed by atoms with van der Waals surface area (Å²) in [7, 11) is 0. The molecule has 0 aliphatic carbocycles. The summed E-state index contributed by atoms with van der Waals surface area (Å²) in [6.45, 7) is 9.48. The molecule has 1 aromatic carbocycles. The van der Waals surface area contributed by atoms with Crippen molar-refractivity contribution in [3.63, 3.8) is 0 Å². The van der Waals surface area contributed by atoms with E-state index in [9.17, 15) is 4.79 Å². The highest BCUT2D eigenvalue weighted by atomic mass is 32.2. The number of nitrogens with zero attached hydrogens (tertiary/aromatic N) is 1. The number of thioether (sulfide) groups is 1. The molecular formula is C17H25NOS. The van der Waals surface area contributed by atoms with Gasteiger partial charge in [-0.1, -0.05) is 50.6 Å². The van der Waals surface area contributed by atoms with Crippen LogP contribution in [0.1, 0.15) is 50.8 Å². The van der Waals surface area contributed by atoms with Crippen LogP contribution >= 0.6 is 11.8 Å². The molecule has 1 saturated heterocycles. The van der Waals surface area contributed by atoms with Crippen LogP contribution in [0.25, 0.3) is 0 Å². The summed E-state index contributed by atoms with van der Waals surface area (Å²) in [6, 6.07) is 8.90. The largest absolute Gasteiger partial charge is 0.335 e. The van der Waals surface area contributed by atoms with E-state index in [1.165, 1.54) is 11.1 Å². The highest BCUT2D eigenvalue weighted by Crippen LogP contribution is 2.33. The van der Waals surface area contributed by atoms with Crippen LogP contribution in [0.4, 0.5) is 0 Å². The highest BCUT2D eigenvalue weighted by Gasteiger charge is 2.30. The molecule has 0 bridgehead atoms. The van der Waals surface area contributed by atoms with Crippen molar-refractivity contribution in [2.75, 3.05) is 12.3 Å². The lowest BCUT2D eigenvalue weighted by atomic mass is 10.0.